The third-order valence-corrected chi connectivity index (χ3v) is 2.17. The van der Waals surface area contributed by atoms with Gasteiger partial charge in [0.05, 0.1) is 0 Å². The molecule has 1 aliphatic rings. The van der Waals surface area contributed by atoms with Gasteiger partial charge in [0.25, 0.3) is 0 Å². The van der Waals surface area contributed by atoms with Gasteiger partial charge in [-0.2, -0.15) is 0 Å². The smallest absolute Gasteiger partial charge is 0.329 e. The Morgan fingerprint density at radius 2 is 2.14 bits per heavy atom. The first kappa shape index (κ1) is 10.5. The van der Waals surface area contributed by atoms with Gasteiger partial charge in [-0.1, -0.05) is 6.08 Å². The first-order chi connectivity index (χ1) is 6.61. The van der Waals surface area contributed by atoms with Crippen molar-refractivity contribution in [3.8, 4) is 0 Å². The molecule has 0 spiro atoms. The molecule has 0 bridgehead atoms. The summed E-state index contributed by atoms with van der Waals surface area (Å²) in [7, 11) is 0. The molecular weight excluding hydrogens is 182 g/mol. The van der Waals surface area contributed by atoms with Crippen LogP contribution >= 0.6 is 0 Å². The van der Waals surface area contributed by atoms with Gasteiger partial charge in [-0.3, -0.25) is 4.79 Å². The van der Waals surface area contributed by atoms with Gasteiger partial charge in [-0.15, -0.1) is 0 Å². The molecule has 0 atom stereocenters. The fraction of sp³-hybridized carbons (Fsp3) is 0.400. The minimum absolute atomic E-state index is 0.136. The highest BCUT2D eigenvalue weighted by atomic mass is 16.4. The van der Waals surface area contributed by atoms with E-state index in [1.54, 1.807) is 0 Å². The summed E-state index contributed by atoms with van der Waals surface area (Å²) in [5, 5.41) is 8.55. The Hall–Kier alpha value is -1.58. The number of amides is 1. The van der Waals surface area contributed by atoms with E-state index in [0.717, 1.165) is 37.3 Å². The lowest BCUT2D eigenvalue weighted by Crippen LogP contribution is -2.17. The molecule has 0 fully saturated rings. The molecule has 0 radical (unpaired) electrons. The second-order valence-electron chi connectivity index (χ2n) is 3.24. The van der Waals surface area contributed by atoms with E-state index in [4.69, 9.17) is 10.8 Å². The normalized spacial score (nSPS) is 17.4. The van der Waals surface area contributed by atoms with Crippen molar-refractivity contribution in [3.05, 3.63) is 23.3 Å². The minimum atomic E-state index is -1.13. The summed E-state index contributed by atoms with van der Waals surface area (Å²) in [6.07, 6.45) is 6.48. The predicted molar refractivity (Wildman–Crippen MR) is 51.5 cm³/mol. The van der Waals surface area contributed by atoms with Crippen molar-refractivity contribution in [2.75, 3.05) is 0 Å². The molecule has 1 rings (SSSR count). The zero-order valence-corrected chi connectivity index (χ0v) is 7.82. The molecule has 4 heteroatoms. The Balaban J connectivity index is 2.93. The molecule has 0 saturated heterocycles. The highest BCUT2D eigenvalue weighted by molar-refractivity contribution is 6.01. The third-order valence-electron chi connectivity index (χ3n) is 2.17. The molecule has 0 saturated carbocycles. The van der Waals surface area contributed by atoms with Gasteiger partial charge in [-0.25, -0.2) is 4.79 Å². The number of hydrogen-bond acceptors (Lipinski definition) is 2. The monoisotopic (exact) mass is 195 g/mol. The van der Waals surface area contributed by atoms with E-state index in [0.29, 0.717) is 0 Å². The molecule has 4 nitrogen and oxygen atoms in total. The molecule has 0 aliphatic heterocycles. The first-order valence-electron chi connectivity index (χ1n) is 4.55. The molecule has 1 aliphatic carbocycles. The standard InChI is InChI=1S/C10H13NO3/c11-10(14)8(6-9(12)13)7-4-2-1-3-5-7/h4,6H,1-3,5H2,(H2,11,14)(H,12,13). The zero-order valence-electron chi connectivity index (χ0n) is 7.82. The Bertz CT molecular complexity index is 315. The van der Waals surface area contributed by atoms with Gasteiger partial charge in [0, 0.05) is 11.6 Å². The SMILES string of the molecule is NC(=O)C(=CC(=O)O)C1=CCCCC1. The molecule has 3 N–H and O–H groups in total. The van der Waals surface area contributed by atoms with E-state index in [9.17, 15) is 9.59 Å². The van der Waals surface area contributed by atoms with Crippen LogP contribution in [0.25, 0.3) is 0 Å². The molecule has 0 aromatic rings. The van der Waals surface area contributed by atoms with Crippen LogP contribution in [-0.4, -0.2) is 17.0 Å². The number of hydrogen-bond donors (Lipinski definition) is 2. The molecule has 0 unspecified atom stereocenters. The lowest BCUT2D eigenvalue weighted by Gasteiger charge is -2.13. The van der Waals surface area contributed by atoms with Gasteiger partial charge < -0.3 is 10.8 Å². The van der Waals surface area contributed by atoms with Gasteiger partial charge in [0.2, 0.25) is 5.91 Å². The molecule has 0 aromatic heterocycles. The lowest BCUT2D eigenvalue weighted by molar-refractivity contribution is -0.131. The van der Waals surface area contributed by atoms with Crippen LogP contribution in [0.5, 0.6) is 0 Å². The average molecular weight is 195 g/mol. The Labute approximate surface area is 82.1 Å². The Morgan fingerprint density at radius 3 is 2.57 bits per heavy atom. The topological polar surface area (TPSA) is 80.4 Å². The van der Waals surface area contributed by atoms with Crippen LogP contribution in [0.2, 0.25) is 0 Å². The van der Waals surface area contributed by atoms with Crippen molar-refractivity contribution >= 4 is 11.9 Å². The highest BCUT2D eigenvalue weighted by Gasteiger charge is 2.14. The molecule has 1 amide bonds. The fourth-order valence-corrected chi connectivity index (χ4v) is 1.53. The van der Waals surface area contributed by atoms with Crippen molar-refractivity contribution in [2.45, 2.75) is 25.7 Å². The minimum Gasteiger partial charge on any atom is -0.478 e. The van der Waals surface area contributed by atoms with Crippen LogP contribution in [-0.2, 0) is 9.59 Å². The zero-order chi connectivity index (χ0) is 10.6. The number of carboxylic acids is 1. The largest absolute Gasteiger partial charge is 0.478 e. The van der Waals surface area contributed by atoms with Gasteiger partial charge in [0.1, 0.15) is 0 Å². The third kappa shape index (κ3) is 2.73. The van der Waals surface area contributed by atoms with Crippen LogP contribution < -0.4 is 5.73 Å². The van der Waals surface area contributed by atoms with Crippen LogP contribution in [0.1, 0.15) is 25.7 Å². The molecule has 0 heterocycles. The summed E-state index contributed by atoms with van der Waals surface area (Å²) >= 11 is 0. The number of carbonyl (C=O) groups excluding carboxylic acids is 1. The van der Waals surface area contributed by atoms with Crippen molar-refractivity contribution in [2.24, 2.45) is 5.73 Å². The maximum Gasteiger partial charge on any atom is 0.329 e. The summed E-state index contributed by atoms with van der Waals surface area (Å²) < 4.78 is 0. The van der Waals surface area contributed by atoms with E-state index in [-0.39, 0.29) is 5.57 Å². The Kier molecular flexibility index (Phi) is 3.45. The van der Waals surface area contributed by atoms with E-state index < -0.39 is 11.9 Å². The van der Waals surface area contributed by atoms with Gasteiger partial charge >= 0.3 is 5.97 Å². The molecule has 14 heavy (non-hydrogen) atoms. The van der Waals surface area contributed by atoms with Crippen LogP contribution in [0.15, 0.2) is 23.3 Å². The lowest BCUT2D eigenvalue weighted by atomic mass is 9.93. The number of aliphatic carboxylic acids is 1. The predicted octanol–water partition coefficient (Wildman–Crippen LogP) is 0.983. The quantitative estimate of drug-likeness (QED) is 0.659. The van der Waals surface area contributed by atoms with Crippen molar-refractivity contribution in [3.63, 3.8) is 0 Å². The second kappa shape index (κ2) is 4.60. The van der Waals surface area contributed by atoms with Crippen molar-refractivity contribution < 1.29 is 14.7 Å². The molecule has 0 aromatic carbocycles. The van der Waals surface area contributed by atoms with E-state index in [1.165, 1.54) is 0 Å². The van der Waals surface area contributed by atoms with E-state index >= 15 is 0 Å². The number of nitrogens with two attached hydrogens (primary N) is 1. The number of allylic oxidation sites excluding steroid dienone is 1. The van der Waals surface area contributed by atoms with Gasteiger partial charge in [0.15, 0.2) is 0 Å². The summed E-state index contributed by atoms with van der Waals surface area (Å²) in [5.74, 6) is -1.80. The van der Waals surface area contributed by atoms with E-state index in [1.807, 2.05) is 6.08 Å². The maximum atomic E-state index is 11.0. The van der Waals surface area contributed by atoms with Crippen LogP contribution in [0.4, 0.5) is 0 Å². The second-order valence-corrected chi connectivity index (χ2v) is 3.24. The van der Waals surface area contributed by atoms with Crippen molar-refractivity contribution in [1.29, 1.82) is 0 Å². The molecule has 76 valence electrons. The van der Waals surface area contributed by atoms with Crippen molar-refractivity contribution in [1.82, 2.24) is 0 Å². The molecular formula is C10H13NO3. The highest BCUT2D eigenvalue weighted by Crippen LogP contribution is 2.23. The summed E-state index contributed by atoms with van der Waals surface area (Å²) in [4.78, 5) is 21.4. The number of carbonyl (C=O) groups is 2. The number of rotatable bonds is 3. The van der Waals surface area contributed by atoms with Crippen LogP contribution in [0.3, 0.4) is 0 Å². The Morgan fingerprint density at radius 1 is 1.43 bits per heavy atom. The number of primary amides is 1. The fourth-order valence-electron chi connectivity index (χ4n) is 1.53. The summed E-state index contributed by atoms with van der Waals surface area (Å²) in [5.41, 5.74) is 6.01. The maximum absolute atomic E-state index is 11.0. The summed E-state index contributed by atoms with van der Waals surface area (Å²) in [6, 6.07) is 0. The van der Waals surface area contributed by atoms with E-state index in [2.05, 4.69) is 0 Å². The first-order valence-corrected chi connectivity index (χ1v) is 4.55. The summed E-state index contributed by atoms with van der Waals surface area (Å²) in [6.45, 7) is 0. The van der Waals surface area contributed by atoms with Gasteiger partial charge in [-0.05, 0) is 31.3 Å². The number of carboxylic acid groups (broad SMARTS) is 1. The average Bonchev–Trinajstić information content (AvgIpc) is 2.15. The van der Waals surface area contributed by atoms with Crippen LogP contribution in [0, 0.1) is 0 Å².